The highest BCUT2D eigenvalue weighted by molar-refractivity contribution is 7.98. The fourth-order valence-corrected chi connectivity index (χ4v) is 4.23. The average Bonchev–Trinajstić information content (AvgIpc) is 3.36. The Bertz CT molecular complexity index is 813. The van der Waals surface area contributed by atoms with Crippen LogP contribution in [0.4, 0.5) is 0 Å². The molecule has 0 radical (unpaired) electrons. The van der Waals surface area contributed by atoms with Crippen LogP contribution >= 0.6 is 23.5 Å². The Morgan fingerprint density at radius 2 is 1.50 bits per heavy atom. The van der Waals surface area contributed by atoms with Crippen LogP contribution in [0.2, 0.25) is 0 Å². The summed E-state index contributed by atoms with van der Waals surface area (Å²) in [6.07, 6.45) is 9.20. The molecule has 1 aromatic heterocycles. The number of carboxylic acids is 1. The quantitative estimate of drug-likeness (QED) is 0.110. The lowest BCUT2D eigenvalue weighted by Gasteiger charge is -2.25. The number of nitrogens with one attached hydrogen (secondary N) is 4. The van der Waals surface area contributed by atoms with Crippen molar-refractivity contribution in [2.24, 2.45) is 11.5 Å². The fraction of sp³-hybridized carbons (Fsp3) is 0.682. The molecule has 14 heteroatoms. The van der Waals surface area contributed by atoms with Crippen LogP contribution in [0.5, 0.6) is 0 Å². The number of carbonyl (C=O) groups excluding carboxylic acids is 3. The van der Waals surface area contributed by atoms with Crippen molar-refractivity contribution in [3.05, 3.63) is 18.2 Å². The van der Waals surface area contributed by atoms with E-state index in [2.05, 4.69) is 25.9 Å². The standard InChI is InChI=1S/C22H39N7O5S2/c1-35-9-6-16(27-19(30)15(24)5-3-4-8-23)20(31)28-17(7-10-36-2)21(32)29-18(22(33)34)11-14-12-25-13-26-14/h12-13,15-18H,3-11,23-24H2,1-2H3,(H,25,26)(H,27,30)(H,28,31)(H,29,32)(H,33,34). The number of unbranched alkanes of at least 4 members (excludes halogenated alkanes) is 1. The first-order chi connectivity index (χ1) is 17.2. The largest absolute Gasteiger partial charge is 0.480 e. The lowest BCUT2D eigenvalue weighted by molar-refractivity contribution is -0.142. The van der Waals surface area contributed by atoms with Gasteiger partial charge in [0.05, 0.1) is 12.4 Å². The molecule has 204 valence electrons. The zero-order valence-corrected chi connectivity index (χ0v) is 22.5. The predicted octanol–water partition coefficient (Wildman–Crippen LogP) is -0.546. The highest BCUT2D eigenvalue weighted by atomic mass is 32.2. The number of rotatable bonds is 19. The number of aliphatic carboxylic acids is 1. The Hall–Kier alpha value is -2.29. The Morgan fingerprint density at radius 3 is 1.97 bits per heavy atom. The maximum Gasteiger partial charge on any atom is 0.326 e. The lowest BCUT2D eigenvalue weighted by atomic mass is 10.1. The van der Waals surface area contributed by atoms with E-state index in [0.29, 0.717) is 43.0 Å². The van der Waals surface area contributed by atoms with Gasteiger partial charge in [-0.3, -0.25) is 14.4 Å². The van der Waals surface area contributed by atoms with Gasteiger partial charge < -0.3 is 37.5 Å². The second kappa shape index (κ2) is 18.0. The van der Waals surface area contributed by atoms with Crippen LogP contribution in [-0.4, -0.2) is 93.5 Å². The third-order valence-electron chi connectivity index (χ3n) is 5.39. The van der Waals surface area contributed by atoms with Crippen LogP contribution in [0.1, 0.15) is 37.8 Å². The molecule has 9 N–H and O–H groups in total. The number of carbonyl (C=O) groups is 4. The van der Waals surface area contributed by atoms with Crippen molar-refractivity contribution in [3.8, 4) is 0 Å². The van der Waals surface area contributed by atoms with Gasteiger partial charge in [-0.15, -0.1) is 0 Å². The minimum atomic E-state index is -1.21. The fourth-order valence-electron chi connectivity index (χ4n) is 3.29. The summed E-state index contributed by atoms with van der Waals surface area (Å²) in [5.74, 6) is -1.62. The van der Waals surface area contributed by atoms with E-state index < -0.39 is 47.9 Å². The van der Waals surface area contributed by atoms with E-state index in [4.69, 9.17) is 11.5 Å². The van der Waals surface area contributed by atoms with Crippen molar-refractivity contribution >= 4 is 47.2 Å². The van der Waals surface area contributed by atoms with Crippen molar-refractivity contribution in [3.63, 3.8) is 0 Å². The Labute approximate surface area is 220 Å². The van der Waals surface area contributed by atoms with E-state index in [1.165, 1.54) is 36.0 Å². The molecule has 0 bridgehead atoms. The Balaban J connectivity index is 2.88. The molecule has 36 heavy (non-hydrogen) atoms. The number of amides is 3. The summed E-state index contributed by atoms with van der Waals surface area (Å²) in [6, 6.07) is -3.82. The molecule has 3 amide bonds. The van der Waals surface area contributed by atoms with Gasteiger partial charge in [-0.1, -0.05) is 6.42 Å². The van der Waals surface area contributed by atoms with Gasteiger partial charge in [0.1, 0.15) is 18.1 Å². The second-order valence-corrected chi connectivity index (χ2v) is 10.2. The molecule has 1 aromatic rings. The van der Waals surface area contributed by atoms with Gasteiger partial charge >= 0.3 is 5.97 Å². The Kier molecular flexibility index (Phi) is 15.9. The van der Waals surface area contributed by atoms with Crippen molar-refractivity contribution in [2.75, 3.05) is 30.6 Å². The van der Waals surface area contributed by atoms with Gasteiger partial charge in [-0.05, 0) is 56.2 Å². The van der Waals surface area contributed by atoms with E-state index in [9.17, 15) is 24.3 Å². The number of carboxylic acid groups (broad SMARTS) is 1. The summed E-state index contributed by atoms with van der Waals surface area (Å²) in [5.41, 5.74) is 12.0. The average molecular weight is 546 g/mol. The molecule has 4 atom stereocenters. The van der Waals surface area contributed by atoms with Crippen LogP contribution in [0.15, 0.2) is 12.5 Å². The summed E-state index contributed by atoms with van der Waals surface area (Å²) in [5, 5.41) is 17.5. The van der Waals surface area contributed by atoms with Crippen LogP contribution in [0.25, 0.3) is 0 Å². The maximum atomic E-state index is 13.1. The molecular weight excluding hydrogens is 506 g/mol. The molecule has 4 unspecified atom stereocenters. The topological polar surface area (TPSA) is 205 Å². The molecule has 1 heterocycles. The van der Waals surface area contributed by atoms with Gasteiger partial charge in [0.15, 0.2) is 0 Å². The molecule has 0 aliphatic heterocycles. The summed E-state index contributed by atoms with van der Waals surface area (Å²) in [7, 11) is 0. The van der Waals surface area contributed by atoms with Crippen LogP contribution in [0, 0.1) is 0 Å². The third-order valence-corrected chi connectivity index (χ3v) is 6.67. The molecule has 0 aromatic carbocycles. The molecule has 0 saturated heterocycles. The predicted molar refractivity (Wildman–Crippen MR) is 143 cm³/mol. The normalized spacial score (nSPS) is 14.3. The molecule has 1 rings (SSSR count). The summed E-state index contributed by atoms with van der Waals surface area (Å²) in [6.45, 7) is 0.511. The van der Waals surface area contributed by atoms with Crippen LogP contribution in [0.3, 0.4) is 0 Å². The monoisotopic (exact) mass is 545 g/mol. The molecule has 0 aliphatic rings. The van der Waals surface area contributed by atoms with E-state index >= 15 is 0 Å². The van der Waals surface area contributed by atoms with Crippen LogP contribution in [-0.2, 0) is 25.6 Å². The first kappa shape index (κ1) is 31.7. The third kappa shape index (κ3) is 12.1. The number of aromatic amines is 1. The number of nitrogens with zero attached hydrogens (tertiary/aromatic N) is 1. The zero-order valence-electron chi connectivity index (χ0n) is 20.8. The summed E-state index contributed by atoms with van der Waals surface area (Å²) >= 11 is 3.01. The van der Waals surface area contributed by atoms with E-state index in [0.717, 1.165) is 6.42 Å². The molecule has 0 saturated carbocycles. The number of hydrogen-bond acceptors (Lipinski definition) is 9. The van der Waals surface area contributed by atoms with E-state index in [1.54, 1.807) is 0 Å². The van der Waals surface area contributed by atoms with E-state index in [-0.39, 0.29) is 12.8 Å². The van der Waals surface area contributed by atoms with E-state index in [1.807, 2.05) is 12.5 Å². The lowest BCUT2D eigenvalue weighted by Crippen LogP contribution is -2.57. The highest BCUT2D eigenvalue weighted by Gasteiger charge is 2.30. The number of thioether (sulfide) groups is 2. The van der Waals surface area contributed by atoms with Gasteiger partial charge in [-0.25, -0.2) is 9.78 Å². The summed E-state index contributed by atoms with van der Waals surface area (Å²) in [4.78, 5) is 57.1. The van der Waals surface area contributed by atoms with Gasteiger partial charge in [-0.2, -0.15) is 23.5 Å². The smallest absolute Gasteiger partial charge is 0.326 e. The van der Waals surface area contributed by atoms with Gasteiger partial charge in [0, 0.05) is 18.3 Å². The molecule has 0 fully saturated rings. The molecular formula is C22H39N7O5S2. The number of H-pyrrole nitrogens is 1. The van der Waals surface area contributed by atoms with Crippen molar-refractivity contribution in [1.82, 2.24) is 25.9 Å². The minimum Gasteiger partial charge on any atom is -0.480 e. The first-order valence-electron chi connectivity index (χ1n) is 11.8. The second-order valence-electron chi connectivity index (χ2n) is 8.26. The van der Waals surface area contributed by atoms with Crippen molar-refractivity contribution in [2.45, 2.75) is 62.7 Å². The number of hydrogen-bond donors (Lipinski definition) is 7. The molecule has 0 spiro atoms. The Morgan fingerprint density at radius 1 is 0.944 bits per heavy atom. The van der Waals surface area contributed by atoms with Crippen molar-refractivity contribution in [1.29, 1.82) is 0 Å². The minimum absolute atomic E-state index is 0.0126. The summed E-state index contributed by atoms with van der Waals surface area (Å²) < 4.78 is 0. The number of nitrogens with two attached hydrogens (primary N) is 2. The molecule has 0 aliphatic carbocycles. The SMILES string of the molecule is CSCCC(NC(=O)C(N)CCCCN)C(=O)NC(CCSC)C(=O)NC(Cc1cnc[nH]1)C(=O)O. The first-order valence-corrected chi connectivity index (χ1v) is 14.6. The molecule has 12 nitrogen and oxygen atoms in total. The van der Waals surface area contributed by atoms with Gasteiger partial charge in [0.2, 0.25) is 17.7 Å². The zero-order chi connectivity index (χ0) is 26.9. The van der Waals surface area contributed by atoms with Crippen LogP contribution < -0.4 is 27.4 Å². The number of imidazole rings is 1. The number of aromatic nitrogens is 2. The van der Waals surface area contributed by atoms with Gasteiger partial charge in [0.25, 0.3) is 0 Å². The maximum absolute atomic E-state index is 13.1. The highest BCUT2D eigenvalue weighted by Crippen LogP contribution is 2.07. The van der Waals surface area contributed by atoms with Crippen molar-refractivity contribution < 1.29 is 24.3 Å².